The first-order chi connectivity index (χ1) is 13.0. The highest BCUT2D eigenvalue weighted by Crippen LogP contribution is 2.26. The fourth-order valence-electron chi connectivity index (χ4n) is 3.40. The number of halogens is 1. The Morgan fingerprint density at radius 1 is 1.26 bits per heavy atom. The zero-order valence-electron chi connectivity index (χ0n) is 15.5. The zero-order chi connectivity index (χ0) is 19.6. The Morgan fingerprint density at radius 3 is 2.74 bits per heavy atom. The highest BCUT2D eigenvalue weighted by molar-refractivity contribution is 6.31. The van der Waals surface area contributed by atoms with Gasteiger partial charge in [-0.1, -0.05) is 54.8 Å². The Labute approximate surface area is 165 Å². The van der Waals surface area contributed by atoms with Crippen molar-refractivity contribution in [3.05, 3.63) is 47.0 Å². The molecule has 1 amide bonds. The van der Waals surface area contributed by atoms with E-state index in [2.05, 4.69) is 0 Å². The maximum absolute atomic E-state index is 12.1. The van der Waals surface area contributed by atoms with Crippen molar-refractivity contribution in [3.63, 3.8) is 0 Å². The molecular formula is C21H28ClNO4. The summed E-state index contributed by atoms with van der Waals surface area (Å²) in [6, 6.07) is 7.34. The van der Waals surface area contributed by atoms with E-state index in [9.17, 15) is 14.7 Å². The van der Waals surface area contributed by atoms with Crippen LogP contribution >= 0.6 is 11.6 Å². The summed E-state index contributed by atoms with van der Waals surface area (Å²) in [5, 5.41) is 19.5. The third-order valence-electron chi connectivity index (χ3n) is 4.90. The number of carbonyl (C=O) groups is 2. The number of carbonyl (C=O) groups excluding carboxylic acids is 1. The van der Waals surface area contributed by atoms with Gasteiger partial charge in [0.2, 0.25) is 5.91 Å². The van der Waals surface area contributed by atoms with Crippen LogP contribution in [-0.2, 0) is 9.59 Å². The Hall–Kier alpha value is -1.85. The van der Waals surface area contributed by atoms with E-state index in [4.69, 9.17) is 16.7 Å². The molecule has 2 atom stereocenters. The van der Waals surface area contributed by atoms with E-state index >= 15 is 0 Å². The van der Waals surface area contributed by atoms with E-state index in [1.54, 1.807) is 6.07 Å². The number of amides is 1. The molecule has 27 heavy (non-hydrogen) atoms. The lowest BCUT2D eigenvalue weighted by Gasteiger charge is -2.22. The van der Waals surface area contributed by atoms with Gasteiger partial charge in [-0.25, -0.2) is 0 Å². The van der Waals surface area contributed by atoms with Gasteiger partial charge in [-0.05, 0) is 37.3 Å². The first kappa shape index (κ1) is 21.5. The number of aliphatic hydroxyl groups excluding tert-OH is 1. The Bertz CT molecular complexity index is 661. The number of likely N-dealkylation sites (tertiary alicyclic amines) is 1. The lowest BCUT2D eigenvalue weighted by Crippen LogP contribution is -2.32. The van der Waals surface area contributed by atoms with E-state index < -0.39 is 12.1 Å². The number of unbranched alkanes of at least 4 members (excludes halogenated alkanes) is 3. The lowest BCUT2D eigenvalue weighted by molar-refractivity contribution is -0.137. The molecule has 1 aliphatic heterocycles. The van der Waals surface area contributed by atoms with Crippen molar-refractivity contribution in [2.24, 2.45) is 0 Å². The maximum Gasteiger partial charge on any atom is 0.303 e. The molecule has 0 saturated carbocycles. The van der Waals surface area contributed by atoms with Gasteiger partial charge in [-0.15, -0.1) is 0 Å². The molecule has 1 fully saturated rings. The molecule has 1 aromatic carbocycles. The Morgan fingerprint density at radius 2 is 2.00 bits per heavy atom. The summed E-state index contributed by atoms with van der Waals surface area (Å²) in [4.78, 5) is 24.5. The van der Waals surface area contributed by atoms with Crippen LogP contribution in [0.15, 0.2) is 36.4 Å². The van der Waals surface area contributed by atoms with E-state index in [1.165, 1.54) is 0 Å². The normalized spacial score (nSPS) is 18.4. The average Bonchev–Trinajstić information content (AvgIpc) is 2.98. The van der Waals surface area contributed by atoms with Gasteiger partial charge in [-0.3, -0.25) is 9.59 Å². The molecule has 1 aliphatic rings. The number of aliphatic hydroxyl groups is 1. The Kier molecular flexibility index (Phi) is 8.82. The number of hydrogen-bond acceptors (Lipinski definition) is 3. The topological polar surface area (TPSA) is 77.8 Å². The molecule has 1 saturated heterocycles. The summed E-state index contributed by atoms with van der Waals surface area (Å²) in [5.41, 5.74) is 0.713. The first-order valence-corrected chi connectivity index (χ1v) is 9.97. The van der Waals surface area contributed by atoms with Crippen LogP contribution in [0.4, 0.5) is 0 Å². The van der Waals surface area contributed by atoms with Crippen LogP contribution < -0.4 is 0 Å². The van der Waals surface area contributed by atoms with Gasteiger partial charge in [0, 0.05) is 24.4 Å². The van der Waals surface area contributed by atoms with Crippen molar-refractivity contribution in [3.8, 4) is 0 Å². The molecule has 1 aromatic rings. The average molecular weight is 394 g/mol. The van der Waals surface area contributed by atoms with Gasteiger partial charge in [0.1, 0.15) is 0 Å². The molecule has 148 valence electrons. The summed E-state index contributed by atoms with van der Waals surface area (Å²) < 4.78 is 0. The predicted molar refractivity (Wildman–Crippen MR) is 106 cm³/mol. The molecular weight excluding hydrogens is 366 g/mol. The Balaban J connectivity index is 1.77. The van der Waals surface area contributed by atoms with Crippen molar-refractivity contribution in [2.75, 3.05) is 6.54 Å². The van der Waals surface area contributed by atoms with Gasteiger partial charge in [0.15, 0.2) is 0 Å². The fourth-order valence-corrected chi connectivity index (χ4v) is 3.66. The summed E-state index contributed by atoms with van der Waals surface area (Å²) in [7, 11) is 0. The summed E-state index contributed by atoms with van der Waals surface area (Å²) in [5.74, 6) is -0.587. The molecule has 6 heteroatoms. The largest absolute Gasteiger partial charge is 0.481 e. The number of benzene rings is 1. The minimum absolute atomic E-state index is 0.0787. The number of nitrogens with zero attached hydrogens (tertiary/aromatic N) is 1. The second kappa shape index (κ2) is 11.1. The molecule has 0 bridgehead atoms. The van der Waals surface area contributed by atoms with Crippen molar-refractivity contribution >= 4 is 23.5 Å². The van der Waals surface area contributed by atoms with Crippen LogP contribution in [0.2, 0.25) is 5.02 Å². The minimum atomic E-state index is -0.756. The predicted octanol–water partition coefficient (Wildman–Crippen LogP) is 4.35. The van der Waals surface area contributed by atoms with Crippen molar-refractivity contribution < 1.29 is 19.8 Å². The van der Waals surface area contributed by atoms with E-state index in [-0.39, 0.29) is 18.4 Å². The third kappa shape index (κ3) is 7.00. The van der Waals surface area contributed by atoms with Gasteiger partial charge >= 0.3 is 5.97 Å². The molecule has 2 N–H and O–H groups in total. The second-order valence-corrected chi connectivity index (χ2v) is 7.36. The number of rotatable bonds is 11. The van der Waals surface area contributed by atoms with Crippen LogP contribution in [-0.4, -0.2) is 39.6 Å². The fraction of sp³-hybridized carbons (Fsp3) is 0.524. The van der Waals surface area contributed by atoms with Gasteiger partial charge in [0.05, 0.1) is 12.1 Å². The van der Waals surface area contributed by atoms with Crippen LogP contribution in [0.25, 0.3) is 0 Å². The zero-order valence-corrected chi connectivity index (χ0v) is 16.3. The van der Waals surface area contributed by atoms with Gasteiger partial charge in [0.25, 0.3) is 0 Å². The smallest absolute Gasteiger partial charge is 0.303 e. The SMILES string of the molecule is O=C(O)CCCCCCN1C(=O)CC[C@H]1/C=C/CC(O)c1ccccc1Cl. The monoisotopic (exact) mass is 393 g/mol. The molecule has 1 unspecified atom stereocenters. The molecule has 0 radical (unpaired) electrons. The summed E-state index contributed by atoms with van der Waals surface area (Å²) in [6.07, 6.45) is 8.68. The molecule has 0 spiro atoms. The highest BCUT2D eigenvalue weighted by Gasteiger charge is 2.28. The molecule has 5 nitrogen and oxygen atoms in total. The van der Waals surface area contributed by atoms with Gasteiger partial charge in [-0.2, -0.15) is 0 Å². The number of hydrogen-bond donors (Lipinski definition) is 2. The number of carboxylic acid groups (broad SMARTS) is 1. The maximum atomic E-state index is 12.1. The van der Waals surface area contributed by atoms with Gasteiger partial charge < -0.3 is 15.1 Å². The summed E-state index contributed by atoms with van der Waals surface area (Å²) >= 11 is 6.11. The number of aliphatic carboxylic acids is 1. The standard InChI is InChI=1S/C21H28ClNO4/c22-18-10-5-4-9-17(18)19(24)11-7-8-16-13-14-20(25)23(16)15-6-2-1-3-12-21(26)27/h4-5,7-10,16,19,24H,1-3,6,11-15H2,(H,26,27)/b8-7+/t16-,19?/m1/s1. The van der Waals surface area contributed by atoms with Crippen LogP contribution in [0, 0.1) is 0 Å². The van der Waals surface area contributed by atoms with Crippen LogP contribution in [0.3, 0.4) is 0 Å². The van der Waals surface area contributed by atoms with E-state index in [0.717, 1.165) is 25.7 Å². The van der Waals surface area contributed by atoms with E-state index in [1.807, 2.05) is 35.3 Å². The summed E-state index contributed by atoms with van der Waals surface area (Å²) in [6.45, 7) is 0.702. The molecule has 0 aliphatic carbocycles. The van der Waals surface area contributed by atoms with E-state index in [0.29, 0.717) is 36.4 Å². The number of carboxylic acids is 1. The third-order valence-corrected chi connectivity index (χ3v) is 5.24. The van der Waals surface area contributed by atoms with Crippen molar-refractivity contribution in [2.45, 2.75) is 63.5 Å². The van der Waals surface area contributed by atoms with Crippen LogP contribution in [0.5, 0.6) is 0 Å². The molecule has 1 heterocycles. The van der Waals surface area contributed by atoms with Crippen molar-refractivity contribution in [1.29, 1.82) is 0 Å². The quantitative estimate of drug-likeness (QED) is 0.433. The second-order valence-electron chi connectivity index (χ2n) is 6.95. The van der Waals surface area contributed by atoms with Crippen molar-refractivity contribution in [1.82, 2.24) is 4.90 Å². The molecule has 0 aromatic heterocycles. The lowest BCUT2D eigenvalue weighted by atomic mass is 10.1. The highest BCUT2D eigenvalue weighted by atomic mass is 35.5. The minimum Gasteiger partial charge on any atom is -0.481 e. The van der Waals surface area contributed by atoms with Crippen LogP contribution in [0.1, 0.15) is 63.0 Å². The first-order valence-electron chi connectivity index (χ1n) is 9.59. The molecule has 2 rings (SSSR count).